The van der Waals surface area contributed by atoms with Gasteiger partial charge in [0.25, 0.3) is 0 Å². The van der Waals surface area contributed by atoms with Crippen molar-refractivity contribution in [3.05, 3.63) is 319 Å². The van der Waals surface area contributed by atoms with Crippen LogP contribution in [-0.2, 0) is 10.8 Å². The molecule has 2 aromatic heterocycles. The Morgan fingerprint density at radius 2 is 0.846 bits per heavy atom. The Morgan fingerprint density at radius 3 is 1.49 bits per heavy atom. The Bertz CT molecular complexity index is 5580. The molecule has 15 aromatic rings. The van der Waals surface area contributed by atoms with Gasteiger partial charge in [-0.1, -0.05) is 241 Å². The lowest BCUT2D eigenvalue weighted by atomic mass is 9.81. The van der Waals surface area contributed by atoms with Crippen molar-refractivity contribution in [2.75, 3.05) is 9.80 Å². The van der Waals surface area contributed by atoms with Gasteiger partial charge in [0.2, 0.25) is 0 Å². The first-order valence-corrected chi connectivity index (χ1v) is 32.0. The quantitative estimate of drug-likeness (QED) is 0.144. The van der Waals surface area contributed by atoms with Crippen LogP contribution in [0.4, 0.5) is 28.4 Å². The van der Waals surface area contributed by atoms with E-state index in [1.807, 2.05) is 0 Å². The van der Waals surface area contributed by atoms with Crippen LogP contribution in [-0.4, -0.2) is 0 Å². The molecule has 18 rings (SSSR count). The Balaban J connectivity index is 0.744. The van der Waals surface area contributed by atoms with Gasteiger partial charge in [-0.05, 0) is 162 Å². The maximum Gasteiger partial charge on any atom is 0.145 e. The molecular weight excluding hydrogens is 1100 g/mol. The normalized spacial score (nSPS) is 15.9. The lowest BCUT2D eigenvalue weighted by Crippen LogP contribution is -2.21. The zero-order valence-corrected chi connectivity index (χ0v) is 51.5. The second-order valence-corrected chi connectivity index (χ2v) is 26.4. The predicted octanol–water partition coefficient (Wildman–Crippen LogP) is 24.2. The highest BCUT2D eigenvalue weighted by Crippen LogP contribution is 2.55. The van der Waals surface area contributed by atoms with Crippen molar-refractivity contribution in [3.8, 4) is 44.5 Å². The number of furan rings is 2. The number of nitrogens with zero attached hydrogens (tertiary/aromatic N) is 2. The van der Waals surface area contributed by atoms with E-state index < -0.39 is 0 Å². The average molecular weight is 1170 g/mol. The number of para-hydroxylation sites is 3. The molecule has 2 atom stereocenters. The predicted molar refractivity (Wildman–Crippen MR) is 381 cm³/mol. The minimum atomic E-state index is -0.216. The summed E-state index contributed by atoms with van der Waals surface area (Å²) in [5, 5.41) is 8.92. The average Bonchev–Trinajstić information content (AvgIpc) is 1.67. The minimum absolute atomic E-state index is 0.109. The first kappa shape index (κ1) is 53.1. The third-order valence-corrected chi connectivity index (χ3v) is 20.6. The van der Waals surface area contributed by atoms with E-state index >= 15 is 0 Å². The summed E-state index contributed by atoms with van der Waals surface area (Å²) in [7, 11) is 0. The summed E-state index contributed by atoms with van der Waals surface area (Å²) >= 11 is 0. The highest BCUT2D eigenvalue weighted by Gasteiger charge is 2.38. The third-order valence-electron chi connectivity index (χ3n) is 20.6. The van der Waals surface area contributed by atoms with Gasteiger partial charge in [0, 0.05) is 71.7 Å². The molecule has 434 valence electrons. The topological polar surface area (TPSA) is 32.8 Å². The van der Waals surface area contributed by atoms with Gasteiger partial charge in [-0.25, -0.2) is 0 Å². The fraction of sp³-hybridized carbons (Fsp3) is 0.103. The van der Waals surface area contributed by atoms with E-state index in [1.165, 1.54) is 61.2 Å². The monoisotopic (exact) mass is 1170 g/mol. The van der Waals surface area contributed by atoms with Crippen molar-refractivity contribution < 1.29 is 8.83 Å². The molecule has 91 heavy (non-hydrogen) atoms. The standard InChI is InChI=1S/C87H64N2O2/c1-53-33-41-60(88(61-42-47-75-71(51-61)64-24-9-13-27-73(64)86(75,2)3)78-29-17-21-57-38-44-67-65-25-11-15-31-80(65)90-84(67)82(57)78)50-69(53)56-36-34-54(35-37-56)59-40-46-74-70(49-59)72-52-62(43-48-76(72)87(74,4)5)89(77-28-14-10-23-63(77)55-19-7-6-8-20-55)79-30-18-22-58-39-45-68-66-26-12-16-32-81(66)91-85(68)83(58)79/h6-53,69H,1-5H3. The highest BCUT2D eigenvalue weighted by molar-refractivity contribution is 6.21. The van der Waals surface area contributed by atoms with Crippen LogP contribution in [0, 0.1) is 5.92 Å². The number of allylic oxidation sites excluding steroid dienone is 3. The van der Waals surface area contributed by atoms with Gasteiger partial charge < -0.3 is 18.6 Å². The molecule has 0 bridgehead atoms. The molecule has 0 amide bonds. The van der Waals surface area contributed by atoms with Gasteiger partial charge in [-0.2, -0.15) is 0 Å². The molecule has 0 N–H and O–H groups in total. The van der Waals surface area contributed by atoms with Crippen molar-refractivity contribution in [2.45, 2.75) is 51.4 Å². The fourth-order valence-corrected chi connectivity index (χ4v) is 15.9. The van der Waals surface area contributed by atoms with E-state index in [2.05, 4.69) is 330 Å². The van der Waals surface area contributed by atoms with Gasteiger partial charge in [-0.15, -0.1) is 0 Å². The van der Waals surface area contributed by atoms with E-state index in [0.29, 0.717) is 0 Å². The Hall–Kier alpha value is -10.9. The molecule has 0 saturated carbocycles. The van der Waals surface area contributed by atoms with E-state index in [9.17, 15) is 0 Å². The first-order chi connectivity index (χ1) is 44.5. The molecule has 2 unspecified atom stereocenters. The van der Waals surface area contributed by atoms with Crippen molar-refractivity contribution in [3.63, 3.8) is 0 Å². The molecule has 0 fully saturated rings. The largest absolute Gasteiger partial charge is 0.455 e. The summed E-state index contributed by atoms with van der Waals surface area (Å²) < 4.78 is 13.7. The summed E-state index contributed by atoms with van der Waals surface area (Å²) in [4.78, 5) is 4.96. The molecule has 3 aliphatic rings. The number of benzene rings is 13. The zero-order valence-electron chi connectivity index (χ0n) is 51.5. The molecule has 0 saturated heterocycles. The SMILES string of the molecule is CC1C=CC(N(c2ccc3c(c2)-c2ccccc2C3(C)C)c2cccc3ccc4c5ccccc5oc4c23)=CC1c1ccc(-c2ccc3c(c2)-c2cc(N(c4ccccc4-c4ccccc4)c4cccc5ccc6c7ccccc7oc6c45)ccc2C3(C)C)cc1. The van der Waals surface area contributed by atoms with Gasteiger partial charge >= 0.3 is 0 Å². The fourth-order valence-electron chi connectivity index (χ4n) is 15.9. The smallest absolute Gasteiger partial charge is 0.145 e. The molecule has 4 heteroatoms. The second-order valence-electron chi connectivity index (χ2n) is 26.4. The van der Waals surface area contributed by atoms with Gasteiger partial charge in [0.15, 0.2) is 0 Å². The van der Waals surface area contributed by atoms with Crippen LogP contribution in [0.15, 0.2) is 300 Å². The first-order valence-electron chi connectivity index (χ1n) is 32.0. The van der Waals surface area contributed by atoms with Crippen molar-refractivity contribution >= 4 is 93.9 Å². The van der Waals surface area contributed by atoms with E-state index in [-0.39, 0.29) is 22.7 Å². The molecule has 0 radical (unpaired) electrons. The lowest BCUT2D eigenvalue weighted by Gasteiger charge is -2.33. The van der Waals surface area contributed by atoms with E-state index in [4.69, 9.17) is 8.83 Å². The Labute approximate surface area is 529 Å². The summed E-state index contributed by atoms with van der Waals surface area (Å²) in [6.45, 7) is 11.8. The molecule has 0 aliphatic heterocycles. The highest BCUT2D eigenvalue weighted by atomic mass is 16.3. The Morgan fingerprint density at radius 1 is 0.352 bits per heavy atom. The number of hydrogen-bond acceptors (Lipinski definition) is 4. The van der Waals surface area contributed by atoms with Crippen LogP contribution in [0.3, 0.4) is 0 Å². The molecule has 3 aliphatic carbocycles. The van der Waals surface area contributed by atoms with Crippen LogP contribution < -0.4 is 9.80 Å². The van der Waals surface area contributed by atoms with Crippen LogP contribution in [0.5, 0.6) is 0 Å². The molecule has 2 heterocycles. The Kier molecular flexibility index (Phi) is 11.7. The number of anilines is 5. The van der Waals surface area contributed by atoms with Crippen LogP contribution >= 0.6 is 0 Å². The lowest BCUT2D eigenvalue weighted by molar-refractivity contribution is 0.629. The minimum Gasteiger partial charge on any atom is -0.455 e. The van der Waals surface area contributed by atoms with Crippen molar-refractivity contribution in [2.24, 2.45) is 5.92 Å². The molecule has 0 spiro atoms. The van der Waals surface area contributed by atoms with Crippen LogP contribution in [0.1, 0.15) is 68.4 Å². The summed E-state index contributed by atoms with van der Waals surface area (Å²) in [6, 6.07) is 98.5. The van der Waals surface area contributed by atoms with Gasteiger partial charge in [-0.3, -0.25) is 0 Å². The van der Waals surface area contributed by atoms with Gasteiger partial charge in [0.1, 0.15) is 22.3 Å². The van der Waals surface area contributed by atoms with E-state index in [1.54, 1.807) is 0 Å². The second kappa shape index (κ2) is 20.0. The molecular formula is C87H64N2O2. The van der Waals surface area contributed by atoms with Crippen molar-refractivity contribution in [1.82, 2.24) is 0 Å². The summed E-state index contributed by atoms with van der Waals surface area (Å²) in [5.74, 6) is 0.363. The van der Waals surface area contributed by atoms with Gasteiger partial charge in [0.05, 0.1) is 17.1 Å². The number of fused-ring (bicyclic) bond motifs is 16. The molecule has 13 aromatic carbocycles. The van der Waals surface area contributed by atoms with Crippen molar-refractivity contribution in [1.29, 1.82) is 0 Å². The van der Waals surface area contributed by atoms with E-state index in [0.717, 1.165) is 111 Å². The summed E-state index contributed by atoms with van der Waals surface area (Å²) in [6.07, 6.45) is 7.26. The van der Waals surface area contributed by atoms with Crippen LogP contribution in [0.25, 0.3) is 110 Å². The number of hydrogen-bond donors (Lipinski definition) is 0. The zero-order chi connectivity index (χ0) is 60.9. The van der Waals surface area contributed by atoms with Crippen LogP contribution in [0.2, 0.25) is 0 Å². The number of rotatable bonds is 9. The maximum atomic E-state index is 6.86. The third kappa shape index (κ3) is 8.08. The molecule has 4 nitrogen and oxygen atoms in total. The summed E-state index contributed by atoms with van der Waals surface area (Å²) in [5.41, 5.74) is 26.3. The maximum absolute atomic E-state index is 6.86.